The van der Waals surface area contributed by atoms with E-state index in [2.05, 4.69) is 26.6 Å². The van der Waals surface area contributed by atoms with Gasteiger partial charge in [0.25, 0.3) is 0 Å². The van der Waals surface area contributed by atoms with Gasteiger partial charge in [-0.3, -0.25) is 24.9 Å². The number of aliphatic carboxylic acids is 1. The van der Waals surface area contributed by atoms with Crippen molar-refractivity contribution in [3.8, 4) is 0 Å². The van der Waals surface area contributed by atoms with E-state index >= 15 is 0 Å². The lowest BCUT2D eigenvalue weighted by Crippen LogP contribution is -2.53. The number of carboxylic acid groups (broad SMARTS) is 1. The van der Waals surface area contributed by atoms with Crippen LogP contribution in [-0.4, -0.2) is 96.8 Å². The maximum absolute atomic E-state index is 11.5. The zero-order valence-electron chi connectivity index (χ0n) is 17.6. The molecule has 5 rings (SSSR count). The van der Waals surface area contributed by atoms with E-state index in [1.165, 1.54) is 17.3 Å². The van der Waals surface area contributed by atoms with Crippen LogP contribution < -0.4 is 10.6 Å². The van der Waals surface area contributed by atoms with Crippen LogP contribution in [0.25, 0.3) is 0 Å². The largest absolute Gasteiger partial charge is 0.480 e. The first-order valence-corrected chi connectivity index (χ1v) is 12.8. The second-order valence-corrected chi connectivity index (χ2v) is 12.0. The highest BCUT2D eigenvalue weighted by Crippen LogP contribution is 2.51. The second-order valence-electron chi connectivity index (χ2n) is 9.50. The van der Waals surface area contributed by atoms with Crippen LogP contribution in [0.4, 0.5) is 0 Å². The number of fused-ring (bicyclic) bond motifs is 2. The molecule has 1 spiro atoms. The number of allylic oxidation sites excluding steroid dienone is 1. The number of amidine groups is 1. The van der Waals surface area contributed by atoms with Crippen LogP contribution in [0.2, 0.25) is 0 Å². The van der Waals surface area contributed by atoms with E-state index in [1.807, 2.05) is 4.90 Å². The minimum Gasteiger partial charge on any atom is -0.480 e. The normalized spacial score (nSPS) is 38.3. The minimum absolute atomic E-state index is 0.0474. The summed E-state index contributed by atoms with van der Waals surface area (Å²) in [4.78, 5) is 19.8. The summed E-state index contributed by atoms with van der Waals surface area (Å²) in [6.45, 7) is 2.35. The number of nitrogens with one attached hydrogen (secondary N) is 2. The fourth-order valence-electron chi connectivity index (χ4n) is 5.53. The standard InChI is InChI=1S/C20H29Cl2N5O4S/c21-11-1-2-13-12(7-11)19(10-27(13)17(30)24-16-23-8-14(22)32-16)5-6-26(9-19)18(31)25-20(3-4-20)15(28)29/h7,11,13-14,17-18,25,30-31H,1-6,8-10H2,(H,23,24)(H,28,29). The van der Waals surface area contributed by atoms with Crippen LogP contribution in [0.3, 0.4) is 0 Å². The Balaban J connectivity index is 1.31. The van der Waals surface area contributed by atoms with Gasteiger partial charge in [-0.05, 0) is 37.7 Å². The number of carboxylic acids is 1. The van der Waals surface area contributed by atoms with E-state index in [0.29, 0.717) is 44.2 Å². The third-order valence-electron chi connectivity index (χ3n) is 7.41. The number of alkyl halides is 2. The van der Waals surface area contributed by atoms with Crippen molar-refractivity contribution in [1.82, 2.24) is 20.4 Å². The smallest absolute Gasteiger partial charge is 0.324 e. The molecule has 0 aromatic rings. The summed E-state index contributed by atoms with van der Waals surface area (Å²) in [7, 11) is 0. The van der Waals surface area contributed by atoms with Gasteiger partial charge in [0, 0.05) is 31.1 Å². The Bertz CT molecular complexity index is 843. The number of halogens is 2. The fourth-order valence-corrected chi connectivity index (χ4v) is 6.83. The number of nitrogens with zero attached hydrogens (tertiary/aromatic N) is 3. The van der Waals surface area contributed by atoms with E-state index in [-0.39, 0.29) is 21.5 Å². The van der Waals surface area contributed by atoms with Gasteiger partial charge in [0.15, 0.2) is 17.9 Å². The van der Waals surface area contributed by atoms with Crippen molar-refractivity contribution >= 4 is 46.1 Å². The van der Waals surface area contributed by atoms with Gasteiger partial charge in [0.05, 0.1) is 11.9 Å². The molecule has 3 fully saturated rings. The summed E-state index contributed by atoms with van der Waals surface area (Å²) < 4.78 is -0.116. The molecule has 2 aliphatic carbocycles. The summed E-state index contributed by atoms with van der Waals surface area (Å²) in [5.41, 5.74) is -0.0385. The topological polar surface area (TPSA) is 121 Å². The molecule has 178 valence electrons. The van der Waals surface area contributed by atoms with Crippen molar-refractivity contribution in [3.63, 3.8) is 0 Å². The lowest BCUT2D eigenvalue weighted by Gasteiger charge is -2.33. The first-order valence-electron chi connectivity index (χ1n) is 11.1. The minimum atomic E-state index is -1.02. The number of rotatable bonds is 6. The van der Waals surface area contributed by atoms with Crippen molar-refractivity contribution in [2.45, 2.75) is 66.5 Å². The molecule has 6 unspecified atom stereocenters. The van der Waals surface area contributed by atoms with Crippen molar-refractivity contribution < 1.29 is 20.1 Å². The summed E-state index contributed by atoms with van der Waals surface area (Å²) in [5, 5.41) is 37.8. The number of aliphatic hydroxyl groups is 2. The van der Waals surface area contributed by atoms with E-state index < -0.39 is 24.2 Å². The maximum Gasteiger partial charge on any atom is 0.324 e. The Kier molecular flexibility index (Phi) is 6.20. The molecule has 9 nitrogen and oxygen atoms in total. The predicted octanol–water partition coefficient (Wildman–Crippen LogP) is 0.706. The first-order chi connectivity index (χ1) is 15.2. The molecule has 5 aliphatic rings. The van der Waals surface area contributed by atoms with Gasteiger partial charge in [0.2, 0.25) is 0 Å². The number of aliphatic hydroxyl groups excluding tert-OH is 2. The van der Waals surface area contributed by atoms with E-state index in [4.69, 9.17) is 23.2 Å². The molecular weight excluding hydrogens is 477 g/mol. The molecule has 1 saturated carbocycles. The lowest BCUT2D eigenvalue weighted by molar-refractivity contribution is -0.143. The van der Waals surface area contributed by atoms with Gasteiger partial charge in [-0.15, -0.1) is 23.2 Å². The fraction of sp³-hybridized carbons (Fsp3) is 0.800. The van der Waals surface area contributed by atoms with Crippen molar-refractivity contribution in [1.29, 1.82) is 0 Å². The quantitative estimate of drug-likeness (QED) is 0.202. The SMILES string of the molecule is O=C(O)C1(NC(O)N2CCC3(C2)CN(C(O)NC2=NCC(Cl)S2)C2CCC(Cl)C=C23)CC1. The number of likely N-dealkylation sites (tertiary alicyclic amines) is 2. The average Bonchev–Trinajstić information content (AvgIpc) is 3.08. The Hall–Kier alpha value is -0.590. The van der Waals surface area contributed by atoms with Crippen molar-refractivity contribution in [3.05, 3.63) is 11.6 Å². The molecular formula is C20H29Cl2N5O4S. The van der Waals surface area contributed by atoms with Crippen molar-refractivity contribution in [2.75, 3.05) is 26.2 Å². The van der Waals surface area contributed by atoms with Crippen LogP contribution in [0.1, 0.15) is 32.1 Å². The van der Waals surface area contributed by atoms with Gasteiger partial charge < -0.3 is 20.6 Å². The highest BCUT2D eigenvalue weighted by Gasteiger charge is 2.56. The zero-order chi connectivity index (χ0) is 22.7. The molecule has 0 bridgehead atoms. The Labute approximate surface area is 201 Å². The van der Waals surface area contributed by atoms with Crippen molar-refractivity contribution in [2.24, 2.45) is 10.4 Å². The monoisotopic (exact) mass is 505 g/mol. The van der Waals surface area contributed by atoms with Crippen LogP contribution in [0, 0.1) is 5.41 Å². The second kappa shape index (κ2) is 8.57. The Morgan fingerprint density at radius 1 is 1.22 bits per heavy atom. The zero-order valence-corrected chi connectivity index (χ0v) is 19.9. The number of carbonyl (C=O) groups is 1. The van der Waals surface area contributed by atoms with E-state index in [0.717, 1.165) is 19.3 Å². The predicted molar refractivity (Wildman–Crippen MR) is 123 cm³/mol. The molecule has 0 amide bonds. The van der Waals surface area contributed by atoms with Gasteiger partial charge in [-0.2, -0.15) is 0 Å². The molecule has 6 atom stereocenters. The molecule has 0 radical (unpaired) electrons. The van der Waals surface area contributed by atoms with Gasteiger partial charge in [0.1, 0.15) is 10.2 Å². The molecule has 32 heavy (non-hydrogen) atoms. The van der Waals surface area contributed by atoms with E-state index in [9.17, 15) is 20.1 Å². The highest BCUT2D eigenvalue weighted by atomic mass is 35.5. The molecule has 12 heteroatoms. The number of hydrogen-bond donors (Lipinski definition) is 5. The Morgan fingerprint density at radius 3 is 2.66 bits per heavy atom. The van der Waals surface area contributed by atoms with Crippen LogP contribution in [-0.2, 0) is 4.79 Å². The average molecular weight is 506 g/mol. The van der Waals surface area contributed by atoms with Crippen LogP contribution in [0.15, 0.2) is 16.6 Å². The Morgan fingerprint density at radius 2 is 2.00 bits per heavy atom. The number of thioether (sulfide) groups is 1. The van der Waals surface area contributed by atoms with Gasteiger partial charge in [-0.25, -0.2) is 0 Å². The van der Waals surface area contributed by atoms with Gasteiger partial charge in [-0.1, -0.05) is 17.8 Å². The highest BCUT2D eigenvalue weighted by molar-refractivity contribution is 8.15. The first kappa shape index (κ1) is 23.2. The molecule has 3 heterocycles. The summed E-state index contributed by atoms with van der Waals surface area (Å²) in [5.74, 6) is -0.918. The number of hydrogen-bond acceptors (Lipinski definition) is 9. The molecule has 0 aromatic carbocycles. The van der Waals surface area contributed by atoms with Gasteiger partial charge >= 0.3 is 5.97 Å². The summed E-state index contributed by atoms with van der Waals surface area (Å²) >= 11 is 14.0. The number of aliphatic imine (C=N–C) groups is 1. The maximum atomic E-state index is 11.5. The lowest BCUT2D eigenvalue weighted by atomic mass is 9.76. The third kappa shape index (κ3) is 4.17. The third-order valence-corrected chi connectivity index (χ3v) is 9.04. The van der Waals surface area contributed by atoms with Crippen LogP contribution in [0.5, 0.6) is 0 Å². The summed E-state index contributed by atoms with van der Waals surface area (Å²) in [6, 6.07) is 0.0603. The molecule has 2 saturated heterocycles. The molecule has 0 aromatic heterocycles. The van der Waals surface area contributed by atoms with Crippen LogP contribution >= 0.6 is 35.0 Å². The summed E-state index contributed by atoms with van der Waals surface area (Å²) in [6.07, 6.45) is 3.74. The molecule has 5 N–H and O–H groups in total. The van der Waals surface area contributed by atoms with E-state index in [1.54, 1.807) is 0 Å². The molecule has 3 aliphatic heterocycles.